The van der Waals surface area contributed by atoms with E-state index in [-0.39, 0.29) is 11.9 Å². The van der Waals surface area contributed by atoms with Crippen molar-refractivity contribution in [2.75, 3.05) is 12.4 Å². The molecule has 27 heavy (non-hydrogen) atoms. The fourth-order valence-electron chi connectivity index (χ4n) is 3.14. The van der Waals surface area contributed by atoms with Gasteiger partial charge < -0.3 is 20.7 Å². The van der Waals surface area contributed by atoms with Gasteiger partial charge in [0, 0.05) is 11.4 Å². The molecule has 0 radical (unpaired) electrons. The number of carbonyl (C=O) groups is 1. The van der Waals surface area contributed by atoms with Crippen LogP contribution < -0.4 is 20.7 Å². The number of rotatable bonds is 4. The van der Waals surface area contributed by atoms with E-state index in [0.717, 1.165) is 33.8 Å². The van der Waals surface area contributed by atoms with Gasteiger partial charge in [-0.1, -0.05) is 24.3 Å². The van der Waals surface area contributed by atoms with Gasteiger partial charge in [0.05, 0.1) is 18.7 Å². The van der Waals surface area contributed by atoms with Crippen LogP contribution >= 0.6 is 12.2 Å². The Hall–Kier alpha value is -2.86. The van der Waals surface area contributed by atoms with Gasteiger partial charge in [-0.3, -0.25) is 4.79 Å². The first-order chi connectivity index (χ1) is 12.9. The molecule has 5 nitrogen and oxygen atoms in total. The summed E-state index contributed by atoms with van der Waals surface area (Å²) in [5.41, 5.74) is 5.21. The second-order valence-corrected chi connectivity index (χ2v) is 6.96. The number of hydrogen-bond donors (Lipinski definition) is 3. The predicted molar refractivity (Wildman–Crippen MR) is 112 cm³/mol. The van der Waals surface area contributed by atoms with Crippen molar-refractivity contribution in [3.63, 3.8) is 0 Å². The van der Waals surface area contributed by atoms with E-state index in [0.29, 0.717) is 10.7 Å². The Bertz CT molecular complexity index is 937. The molecule has 1 aliphatic rings. The van der Waals surface area contributed by atoms with Gasteiger partial charge in [-0.05, 0) is 67.9 Å². The van der Waals surface area contributed by atoms with Gasteiger partial charge >= 0.3 is 0 Å². The second-order valence-electron chi connectivity index (χ2n) is 6.55. The molecule has 1 atom stereocenters. The number of thiocarbonyl (C=S) groups is 1. The molecule has 1 heterocycles. The molecular formula is C21H23N3O2S. The molecular weight excluding hydrogens is 358 g/mol. The van der Waals surface area contributed by atoms with Crippen molar-refractivity contribution < 1.29 is 9.53 Å². The normalized spacial score (nSPS) is 16.4. The van der Waals surface area contributed by atoms with Crippen LogP contribution in [-0.4, -0.2) is 18.1 Å². The number of allylic oxidation sites excluding steroid dienone is 1. The zero-order valence-electron chi connectivity index (χ0n) is 15.8. The number of ether oxygens (including phenoxy) is 1. The van der Waals surface area contributed by atoms with Gasteiger partial charge in [0.15, 0.2) is 5.11 Å². The Kier molecular flexibility index (Phi) is 5.46. The van der Waals surface area contributed by atoms with Crippen LogP contribution in [0, 0.1) is 13.8 Å². The summed E-state index contributed by atoms with van der Waals surface area (Å²) in [6.07, 6.45) is 0. The number of anilines is 1. The summed E-state index contributed by atoms with van der Waals surface area (Å²) in [4.78, 5) is 13.2. The number of nitrogens with one attached hydrogen (secondary N) is 3. The molecule has 0 bridgehead atoms. The first-order valence-electron chi connectivity index (χ1n) is 8.70. The number of aryl methyl sites for hydroxylation is 1. The summed E-state index contributed by atoms with van der Waals surface area (Å²) in [5, 5.41) is 9.79. The van der Waals surface area contributed by atoms with Crippen LogP contribution in [0.5, 0.6) is 5.75 Å². The fraction of sp³-hybridized carbons (Fsp3) is 0.238. The third-order valence-corrected chi connectivity index (χ3v) is 5.01. The van der Waals surface area contributed by atoms with E-state index in [2.05, 4.69) is 16.0 Å². The molecule has 0 saturated carbocycles. The van der Waals surface area contributed by atoms with Crippen molar-refractivity contribution >= 4 is 28.9 Å². The molecule has 3 rings (SSSR count). The Morgan fingerprint density at radius 1 is 1.15 bits per heavy atom. The molecule has 6 heteroatoms. The lowest BCUT2D eigenvalue weighted by molar-refractivity contribution is -0.113. The van der Waals surface area contributed by atoms with Crippen molar-refractivity contribution in [1.29, 1.82) is 0 Å². The molecule has 0 spiro atoms. The standard InChI is InChI=1S/C21H23N3O2S/c1-12-7-5-10-17(13(12)2)23-20(25)18-14(3)22-21(27)24-19(18)15-8-6-9-16(11-15)26-4/h5-11,19H,1-4H3,(H,23,25)(H2,22,24,27)/t19-/m0/s1. The Morgan fingerprint density at radius 2 is 1.89 bits per heavy atom. The molecule has 1 amide bonds. The van der Waals surface area contributed by atoms with E-state index in [1.54, 1.807) is 7.11 Å². The zero-order chi connectivity index (χ0) is 19.6. The summed E-state index contributed by atoms with van der Waals surface area (Å²) >= 11 is 5.31. The number of methoxy groups -OCH3 is 1. The van der Waals surface area contributed by atoms with E-state index < -0.39 is 0 Å². The Morgan fingerprint density at radius 3 is 2.63 bits per heavy atom. The lowest BCUT2D eigenvalue weighted by atomic mass is 9.94. The summed E-state index contributed by atoms with van der Waals surface area (Å²) in [6.45, 7) is 5.88. The zero-order valence-corrected chi connectivity index (χ0v) is 16.7. The third kappa shape index (κ3) is 3.95. The number of benzene rings is 2. The van der Waals surface area contributed by atoms with Gasteiger partial charge in [0.2, 0.25) is 0 Å². The van der Waals surface area contributed by atoms with Crippen molar-refractivity contribution in [1.82, 2.24) is 10.6 Å². The third-order valence-electron chi connectivity index (χ3n) is 4.79. The molecule has 0 fully saturated rings. The van der Waals surface area contributed by atoms with Crippen LogP contribution in [0.2, 0.25) is 0 Å². The van der Waals surface area contributed by atoms with E-state index in [4.69, 9.17) is 17.0 Å². The van der Waals surface area contributed by atoms with Gasteiger partial charge in [0.25, 0.3) is 5.91 Å². The maximum Gasteiger partial charge on any atom is 0.255 e. The lowest BCUT2D eigenvalue weighted by Crippen LogP contribution is -2.45. The second kappa shape index (κ2) is 7.80. The van der Waals surface area contributed by atoms with Crippen LogP contribution in [0.4, 0.5) is 5.69 Å². The molecule has 2 aromatic carbocycles. The highest BCUT2D eigenvalue weighted by atomic mass is 32.1. The van der Waals surface area contributed by atoms with E-state index in [1.165, 1.54) is 0 Å². The van der Waals surface area contributed by atoms with E-state index in [9.17, 15) is 4.79 Å². The molecule has 0 aliphatic carbocycles. The van der Waals surface area contributed by atoms with Crippen molar-refractivity contribution in [2.45, 2.75) is 26.8 Å². The van der Waals surface area contributed by atoms with Gasteiger partial charge in [-0.15, -0.1) is 0 Å². The highest BCUT2D eigenvalue weighted by molar-refractivity contribution is 7.80. The minimum atomic E-state index is -0.362. The van der Waals surface area contributed by atoms with Crippen LogP contribution in [0.15, 0.2) is 53.7 Å². The van der Waals surface area contributed by atoms with E-state index in [1.807, 2.05) is 63.2 Å². The minimum Gasteiger partial charge on any atom is -0.497 e. The first-order valence-corrected chi connectivity index (χ1v) is 9.11. The van der Waals surface area contributed by atoms with Crippen LogP contribution in [0.25, 0.3) is 0 Å². The van der Waals surface area contributed by atoms with Crippen molar-refractivity contribution in [2.24, 2.45) is 0 Å². The molecule has 3 N–H and O–H groups in total. The predicted octanol–water partition coefficient (Wildman–Crippen LogP) is 3.74. The average Bonchev–Trinajstić information content (AvgIpc) is 2.64. The SMILES string of the molecule is COc1cccc([C@@H]2NC(=S)NC(C)=C2C(=O)Nc2cccc(C)c2C)c1. The molecule has 2 aromatic rings. The Balaban J connectivity index is 1.98. The Labute approximate surface area is 164 Å². The summed E-state index contributed by atoms with van der Waals surface area (Å²) in [7, 11) is 1.62. The van der Waals surface area contributed by atoms with Gasteiger partial charge in [-0.2, -0.15) is 0 Å². The average molecular weight is 382 g/mol. The van der Waals surface area contributed by atoms with Gasteiger partial charge in [-0.25, -0.2) is 0 Å². The maximum absolute atomic E-state index is 13.2. The van der Waals surface area contributed by atoms with Crippen LogP contribution in [0.3, 0.4) is 0 Å². The number of hydrogen-bond acceptors (Lipinski definition) is 3. The van der Waals surface area contributed by atoms with E-state index >= 15 is 0 Å². The quantitative estimate of drug-likeness (QED) is 0.704. The monoisotopic (exact) mass is 381 g/mol. The first kappa shape index (κ1) is 18.9. The maximum atomic E-state index is 13.2. The number of amides is 1. The van der Waals surface area contributed by atoms with Gasteiger partial charge in [0.1, 0.15) is 5.75 Å². The summed E-state index contributed by atoms with van der Waals surface area (Å²) in [5.74, 6) is 0.558. The van der Waals surface area contributed by atoms with Crippen molar-refractivity contribution in [3.05, 3.63) is 70.4 Å². The summed E-state index contributed by atoms with van der Waals surface area (Å²) < 4.78 is 5.33. The molecule has 1 aliphatic heterocycles. The smallest absolute Gasteiger partial charge is 0.255 e. The largest absolute Gasteiger partial charge is 0.497 e. The lowest BCUT2D eigenvalue weighted by Gasteiger charge is -2.30. The van der Waals surface area contributed by atoms with Crippen molar-refractivity contribution in [3.8, 4) is 5.75 Å². The topological polar surface area (TPSA) is 62.4 Å². The highest BCUT2D eigenvalue weighted by Gasteiger charge is 2.30. The highest BCUT2D eigenvalue weighted by Crippen LogP contribution is 2.30. The minimum absolute atomic E-state index is 0.170. The molecule has 0 unspecified atom stereocenters. The number of carbonyl (C=O) groups excluding carboxylic acids is 1. The van der Waals surface area contributed by atoms with Crippen LogP contribution in [-0.2, 0) is 4.79 Å². The molecule has 140 valence electrons. The van der Waals surface area contributed by atoms with Crippen LogP contribution in [0.1, 0.15) is 29.7 Å². The summed E-state index contributed by atoms with van der Waals surface area (Å²) in [6, 6.07) is 13.1. The molecule has 0 aromatic heterocycles. The molecule has 0 saturated heterocycles. The fourth-order valence-corrected chi connectivity index (χ4v) is 3.41.